The number of hydrogen-bond donors (Lipinski definition) is 0. The smallest absolute Gasteiger partial charge is 0.338 e. The highest BCUT2D eigenvalue weighted by atomic mass is 16.6. The number of fused-ring (bicyclic) bond motifs is 1. The van der Waals surface area contributed by atoms with Crippen molar-refractivity contribution in [3.8, 4) is 0 Å². The Balaban J connectivity index is 1.49. The fraction of sp³-hybridized carbons (Fsp3) is 0.389. The summed E-state index contributed by atoms with van der Waals surface area (Å²) in [6.07, 6.45) is 9.81. The Morgan fingerprint density at radius 2 is 1.96 bits per heavy atom. The van der Waals surface area contributed by atoms with Gasteiger partial charge in [0.2, 0.25) is 0 Å². The minimum Gasteiger partial charge on any atom is -0.454 e. The molecule has 1 aromatic carbocycles. The molecule has 0 N–H and O–H groups in total. The summed E-state index contributed by atoms with van der Waals surface area (Å²) in [5, 5.41) is 10.7. The van der Waals surface area contributed by atoms with Crippen molar-refractivity contribution in [1.82, 2.24) is 0 Å². The quantitative estimate of drug-likeness (QED) is 0.481. The van der Waals surface area contributed by atoms with E-state index in [2.05, 4.69) is 12.2 Å². The Hall–Kier alpha value is -2.43. The van der Waals surface area contributed by atoms with Gasteiger partial charge in [0.15, 0.2) is 0 Å². The third-order valence-electron chi connectivity index (χ3n) is 5.11. The number of non-ortho nitro benzene ring substituents is 1. The van der Waals surface area contributed by atoms with Crippen molar-refractivity contribution in [3.63, 3.8) is 0 Å². The molecule has 0 amide bonds. The van der Waals surface area contributed by atoms with Crippen LogP contribution >= 0.6 is 0 Å². The molecule has 5 heteroatoms. The second kappa shape index (κ2) is 5.05. The summed E-state index contributed by atoms with van der Waals surface area (Å²) in [5.74, 6) is -0.420. The molecule has 1 saturated carbocycles. The van der Waals surface area contributed by atoms with Gasteiger partial charge in [0.05, 0.1) is 10.5 Å². The molecule has 0 aromatic heterocycles. The monoisotopic (exact) mass is 311 g/mol. The van der Waals surface area contributed by atoms with Gasteiger partial charge in [-0.2, -0.15) is 0 Å². The lowest BCUT2D eigenvalue weighted by Crippen LogP contribution is -2.20. The van der Waals surface area contributed by atoms with E-state index in [0.717, 1.165) is 12.8 Å². The fourth-order valence-electron chi connectivity index (χ4n) is 3.50. The lowest BCUT2D eigenvalue weighted by atomic mass is 9.85. The molecule has 1 spiro atoms. The maximum Gasteiger partial charge on any atom is 0.338 e. The Bertz CT molecular complexity index is 741. The molecule has 1 fully saturated rings. The summed E-state index contributed by atoms with van der Waals surface area (Å²) in [4.78, 5) is 22.5. The van der Waals surface area contributed by atoms with Crippen LogP contribution in [0, 0.1) is 15.5 Å². The van der Waals surface area contributed by atoms with Gasteiger partial charge in [-0.25, -0.2) is 4.79 Å². The van der Waals surface area contributed by atoms with Crippen LogP contribution < -0.4 is 0 Å². The molecule has 1 unspecified atom stereocenters. The average Bonchev–Trinajstić information content (AvgIpc) is 3.19. The second-order valence-corrected chi connectivity index (χ2v) is 6.63. The largest absolute Gasteiger partial charge is 0.454 e. The van der Waals surface area contributed by atoms with Crippen LogP contribution in [0.2, 0.25) is 0 Å². The molecule has 0 bridgehead atoms. The summed E-state index contributed by atoms with van der Waals surface area (Å²) in [6, 6.07) is 5.55. The van der Waals surface area contributed by atoms with Crippen molar-refractivity contribution < 1.29 is 14.5 Å². The van der Waals surface area contributed by atoms with Crippen LogP contribution in [-0.2, 0) is 4.74 Å². The molecule has 1 atom stereocenters. The number of ether oxygens (including phenoxy) is 1. The molecule has 23 heavy (non-hydrogen) atoms. The van der Waals surface area contributed by atoms with Gasteiger partial charge in [0.1, 0.15) is 6.10 Å². The summed E-state index contributed by atoms with van der Waals surface area (Å²) < 4.78 is 5.66. The molecular formula is C18H17NO4. The van der Waals surface area contributed by atoms with Gasteiger partial charge >= 0.3 is 5.97 Å². The molecule has 3 aliphatic carbocycles. The lowest BCUT2D eigenvalue weighted by Gasteiger charge is -2.24. The molecule has 0 heterocycles. The van der Waals surface area contributed by atoms with Gasteiger partial charge in [-0.1, -0.05) is 12.2 Å². The minimum atomic E-state index is -0.482. The zero-order chi connectivity index (χ0) is 16.0. The first-order valence-corrected chi connectivity index (χ1v) is 7.94. The SMILES string of the molecule is O=C(OC1CC=C2CCC3(C=C21)CC3)c1ccc([N+](=O)[O-])cc1. The van der Waals surface area contributed by atoms with E-state index in [-0.39, 0.29) is 11.8 Å². The standard InChI is InChI=1S/C18H17NO4/c20-17(13-1-4-14(5-2-13)19(21)22)23-16-6-3-12-7-8-18(9-10-18)11-15(12)16/h1-5,11,16H,6-10H2. The van der Waals surface area contributed by atoms with Gasteiger partial charge in [-0.05, 0) is 54.4 Å². The number of carbonyl (C=O) groups excluding carboxylic acids is 1. The first-order valence-electron chi connectivity index (χ1n) is 7.94. The van der Waals surface area contributed by atoms with E-state index in [1.165, 1.54) is 54.7 Å². The highest BCUT2D eigenvalue weighted by Gasteiger charge is 2.45. The maximum absolute atomic E-state index is 12.3. The van der Waals surface area contributed by atoms with E-state index < -0.39 is 10.9 Å². The number of nitrogens with zero attached hydrogens (tertiary/aromatic N) is 1. The normalized spacial score (nSPS) is 23.7. The van der Waals surface area contributed by atoms with Gasteiger partial charge in [-0.3, -0.25) is 10.1 Å². The summed E-state index contributed by atoms with van der Waals surface area (Å²) >= 11 is 0. The second-order valence-electron chi connectivity index (χ2n) is 6.63. The van der Waals surface area contributed by atoms with E-state index in [9.17, 15) is 14.9 Å². The maximum atomic E-state index is 12.3. The van der Waals surface area contributed by atoms with Crippen molar-refractivity contribution in [2.45, 2.75) is 38.2 Å². The topological polar surface area (TPSA) is 69.4 Å². The number of hydrogen-bond acceptors (Lipinski definition) is 4. The molecule has 118 valence electrons. The highest BCUT2D eigenvalue weighted by molar-refractivity contribution is 5.90. The van der Waals surface area contributed by atoms with Gasteiger partial charge in [0.25, 0.3) is 5.69 Å². The molecule has 0 radical (unpaired) electrons. The zero-order valence-electron chi connectivity index (χ0n) is 12.7. The first-order chi connectivity index (χ1) is 11.1. The van der Waals surface area contributed by atoms with Crippen molar-refractivity contribution in [3.05, 3.63) is 63.2 Å². The zero-order valence-corrected chi connectivity index (χ0v) is 12.7. The summed E-state index contributed by atoms with van der Waals surface area (Å²) in [5.41, 5.74) is 3.20. The van der Waals surface area contributed by atoms with E-state index in [4.69, 9.17) is 4.74 Å². The molecule has 5 nitrogen and oxygen atoms in total. The highest BCUT2D eigenvalue weighted by Crippen LogP contribution is 2.56. The number of esters is 1. The third kappa shape index (κ3) is 2.56. The number of nitro groups is 1. The van der Waals surface area contributed by atoms with Crippen LogP contribution in [0.1, 0.15) is 42.5 Å². The summed E-state index contributed by atoms with van der Waals surface area (Å²) in [6.45, 7) is 0. The van der Waals surface area contributed by atoms with Crippen LogP contribution in [0.25, 0.3) is 0 Å². The van der Waals surface area contributed by atoms with Crippen LogP contribution in [0.15, 0.2) is 47.6 Å². The third-order valence-corrected chi connectivity index (χ3v) is 5.11. The van der Waals surface area contributed by atoms with E-state index in [1.54, 1.807) is 0 Å². The molecule has 0 aliphatic heterocycles. The number of rotatable bonds is 3. The lowest BCUT2D eigenvalue weighted by molar-refractivity contribution is -0.384. The number of nitro benzene ring substituents is 1. The Morgan fingerprint density at radius 1 is 1.22 bits per heavy atom. The van der Waals surface area contributed by atoms with Crippen LogP contribution in [0.3, 0.4) is 0 Å². The number of allylic oxidation sites excluding steroid dienone is 1. The van der Waals surface area contributed by atoms with Gasteiger partial charge < -0.3 is 4.74 Å². The van der Waals surface area contributed by atoms with Crippen LogP contribution in [-0.4, -0.2) is 17.0 Å². The van der Waals surface area contributed by atoms with Crippen LogP contribution in [0.5, 0.6) is 0 Å². The average molecular weight is 311 g/mol. The minimum absolute atomic E-state index is 0.0305. The molecule has 0 saturated heterocycles. The first kappa shape index (κ1) is 14.2. The van der Waals surface area contributed by atoms with Gasteiger partial charge in [0, 0.05) is 18.6 Å². The number of carbonyl (C=O) groups is 1. The summed E-state index contributed by atoms with van der Waals surface area (Å²) in [7, 11) is 0. The van der Waals surface area contributed by atoms with E-state index >= 15 is 0 Å². The van der Waals surface area contributed by atoms with Crippen LogP contribution in [0.4, 0.5) is 5.69 Å². The number of benzene rings is 1. The molecule has 4 rings (SSSR count). The van der Waals surface area contributed by atoms with E-state index in [0.29, 0.717) is 11.0 Å². The van der Waals surface area contributed by atoms with Crippen molar-refractivity contribution in [1.29, 1.82) is 0 Å². The predicted octanol–water partition coefficient (Wildman–Crippen LogP) is 3.95. The molecule has 1 aromatic rings. The van der Waals surface area contributed by atoms with Gasteiger partial charge in [-0.15, -0.1) is 0 Å². The Labute approximate surface area is 133 Å². The molecular weight excluding hydrogens is 294 g/mol. The Morgan fingerprint density at radius 3 is 2.61 bits per heavy atom. The predicted molar refractivity (Wildman–Crippen MR) is 84.0 cm³/mol. The Kier molecular flexibility index (Phi) is 3.11. The van der Waals surface area contributed by atoms with Crippen molar-refractivity contribution >= 4 is 11.7 Å². The fourth-order valence-corrected chi connectivity index (χ4v) is 3.50. The van der Waals surface area contributed by atoms with E-state index in [1.807, 2.05) is 0 Å². The van der Waals surface area contributed by atoms with Crippen molar-refractivity contribution in [2.75, 3.05) is 0 Å². The molecule has 3 aliphatic rings. The van der Waals surface area contributed by atoms with Crippen molar-refractivity contribution in [2.24, 2.45) is 5.41 Å².